The maximum atomic E-state index is 13.3. The number of hydrogen-bond acceptors (Lipinski definition) is 3. The fraction of sp³-hybridized carbons (Fsp3) is 0.385. The largest absolute Gasteiger partial charge is 0.391 e. The zero-order valence-electron chi connectivity index (χ0n) is 9.90. The lowest BCUT2D eigenvalue weighted by Gasteiger charge is -2.26. The number of halogens is 2. The van der Waals surface area contributed by atoms with E-state index in [9.17, 15) is 23.5 Å². The number of fused-ring (bicyclic) bond motifs is 1. The Bertz CT molecular complexity index is 587. The average molecular weight is 267 g/mol. The van der Waals surface area contributed by atoms with E-state index in [4.69, 9.17) is 0 Å². The van der Waals surface area contributed by atoms with Crippen molar-refractivity contribution in [1.82, 2.24) is 0 Å². The Labute approximate surface area is 107 Å². The van der Waals surface area contributed by atoms with E-state index in [1.54, 1.807) is 0 Å². The van der Waals surface area contributed by atoms with E-state index in [2.05, 4.69) is 0 Å². The van der Waals surface area contributed by atoms with Crippen LogP contribution in [0.4, 0.5) is 14.5 Å². The first-order valence-electron chi connectivity index (χ1n) is 6.05. The van der Waals surface area contributed by atoms with Crippen LogP contribution in [0.25, 0.3) is 0 Å². The van der Waals surface area contributed by atoms with Crippen LogP contribution in [0.5, 0.6) is 0 Å². The Morgan fingerprint density at radius 2 is 1.84 bits per heavy atom. The van der Waals surface area contributed by atoms with Gasteiger partial charge in [-0.3, -0.25) is 14.5 Å². The average Bonchev–Trinajstić information content (AvgIpc) is 2.87. The standard InChI is InChI=1S/C13H11F2NO3/c14-7-4-6-10(5-8(7)15)16(13(19)12(6)18)9-2-1-3-11(9)17/h4-5,9,11,17H,1-3H2/t9-,11-/m0/s1. The van der Waals surface area contributed by atoms with E-state index >= 15 is 0 Å². The third-order valence-electron chi connectivity index (χ3n) is 3.73. The van der Waals surface area contributed by atoms with Gasteiger partial charge in [-0.25, -0.2) is 8.78 Å². The van der Waals surface area contributed by atoms with Crippen LogP contribution in [0.15, 0.2) is 12.1 Å². The summed E-state index contributed by atoms with van der Waals surface area (Å²) < 4.78 is 26.4. The van der Waals surface area contributed by atoms with E-state index in [1.165, 1.54) is 0 Å². The topological polar surface area (TPSA) is 57.6 Å². The van der Waals surface area contributed by atoms with Crippen LogP contribution in [-0.2, 0) is 4.79 Å². The van der Waals surface area contributed by atoms with Crippen molar-refractivity contribution in [3.8, 4) is 0 Å². The lowest BCUT2D eigenvalue weighted by molar-refractivity contribution is -0.115. The van der Waals surface area contributed by atoms with Crippen LogP contribution in [0.2, 0.25) is 0 Å². The van der Waals surface area contributed by atoms with Gasteiger partial charge in [-0.05, 0) is 25.3 Å². The quantitative estimate of drug-likeness (QED) is 0.783. The number of carbonyl (C=O) groups excluding carboxylic acids is 2. The smallest absolute Gasteiger partial charge is 0.299 e. The van der Waals surface area contributed by atoms with Gasteiger partial charge >= 0.3 is 0 Å². The minimum atomic E-state index is -1.16. The van der Waals surface area contributed by atoms with Crippen molar-refractivity contribution in [2.75, 3.05) is 4.90 Å². The molecule has 1 fully saturated rings. The number of aliphatic hydroxyl groups is 1. The Morgan fingerprint density at radius 1 is 1.16 bits per heavy atom. The van der Waals surface area contributed by atoms with Crippen LogP contribution < -0.4 is 4.90 Å². The van der Waals surface area contributed by atoms with E-state index in [0.717, 1.165) is 23.5 Å². The fourth-order valence-electron chi connectivity index (χ4n) is 2.80. The highest BCUT2D eigenvalue weighted by Crippen LogP contribution is 2.37. The molecule has 1 heterocycles. The molecule has 6 heteroatoms. The molecule has 1 amide bonds. The van der Waals surface area contributed by atoms with E-state index in [1.807, 2.05) is 0 Å². The Kier molecular flexibility index (Phi) is 2.63. The summed E-state index contributed by atoms with van der Waals surface area (Å²) in [7, 11) is 0. The highest BCUT2D eigenvalue weighted by Gasteiger charge is 2.44. The highest BCUT2D eigenvalue weighted by molar-refractivity contribution is 6.52. The summed E-state index contributed by atoms with van der Waals surface area (Å²) in [4.78, 5) is 24.8. The number of rotatable bonds is 1. The van der Waals surface area contributed by atoms with Crippen molar-refractivity contribution in [2.24, 2.45) is 0 Å². The van der Waals surface area contributed by atoms with Gasteiger partial charge in [-0.1, -0.05) is 0 Å². The van der Waals surface area contributed by atoms with Gasteiger partial charge in [-0.15, -0.1) is 0 Å². The first kappa shape index (κ1) is 12.2. The van der Waals surface area contributed by atoms with Crippen LogP contribution in [0.1, 0.15) is 29.6 Å². The van der Waals surface area contributed by atoms with Crippen molar-refractivity contribution in [3.63, 3.8) is 0 Å². The molecule has 0 unspecified atom stereocenters. The molecule has 1 N–H and O–H groups in total. The lowest BCUT2D eigenvalue weighted by Crippen LogP contribution is -2.43. The van der Waals surface area contributed by atoms with Crippen LogP contribution in [-0.4, -0.2) is 28.9 Å². The molecule has 4 nitrogen and oxygen atoms in total. The van der Waals surface area contributed by atoms with Gasteiger partial charge in [0.25, 0.3) is 11.7 Å². The first-order chi connectivity index (χ1) is 9.00. The molecule has 100 valence electrons. The molecule has 1 aromatic carbocycles. The predicted molar refractivity (Wildman–Crippen MR) is 61.8 cm³/mol. The Balaban J connectivity index is 2.11. The second-order valence-electron chi connectivity index (χ2n) is 4.85. The molecule has 2 aliphatic rings. The molecule has 0 radical (unpaired) electrons. The molecule has 1 aliphatic carbocycles. The van der Waals surface area contributed by atoms with E-state index < -0.39 is 35.5 Å². The maximum absolute atomic E-state index is 13.3. The van der Waals surface area contributed by atoms with Crippen molar-refractivity contribution in [3.05, 3.63) is 29.3 Å². The number of anilines is 1. The normalized spacial score (nSPS) is 26.2. The number of nitrogens with zero attached hydrogens (tertiary/aromatic N) is 1. The number of ketones is 1. The Hall–Kier alpha value is -1.82. The molecule has 0 saturated heterocycles. The van der Waals surface area contributed by atoms with Gasteiger partial charge in [0.05, 0.1) is 23.4 Å². The number of carbonyl (C=O) groups is 2. The van der Waals surface area contributed by atoms with Crippen LogP contribution in [0.3, 0.4) is 0 Å². The third-order valence-corrected chi connectivity index (χ3v) is 3.73. The second kappa shape index (κ2) is 4.09. The van der Waals surface area contributed by atoms with Crippen molar-refractivity contribution in [2.45, 2.75) is 31.4 Å². The second-order valence-corrected chi connectivity index (χ2v) is 4.85. The molecule has 0 spiro atoms. The minimum absolute atomic E-state index is 0.0554. The first-order valence-corrected chi connectivity index (χ1v) is 6.05. The summed E-state index contributed by atoms with van der Waals surface area (Å²) in [5.74, 6) is -3.95. The molecule has 3 rings (SSSR count). The molecular weight excluding hydrogens is 256 g/mol. The fourth-order valence-corrected chi connectivity index (χ4v) is 2.80. The third kappa shape index (κ3) is 1.67. The molecule has 1 aromatic rings. The molecule has 0 bridgehead atoms. The zero-order chi connectivity index (χ0) is 13.7. The molecule has 1 aliphatic heterocycles. The summed E-state index contributed by atoms with van der Waals surface area (Å²) in [6.07, 6.45) is 1.05. The number of aliphatic hydroxyl groups excluding tert-OH is 1. The number of Topliss-reactive ketones (excluding diaryl/α,β-unsaturated/α-hetero) is 1. The lowest BCUT2D eigenvalue weighted by atomic mass is 10.1. The van der Waals surface area contributed by atoms with E-state index in [0.29, 0.717) is 12.8 Å². The summed E-state index contributed by atoms with van der Waals surface area (Å²) >= 11 is 0. The summed E-state index contributed by atoms with van der Waals surface area (Å²) in [5.41, 5.74) is -0.0807. The SMILES string of the molecule is O=C1C(=O)N([C@H]2CCC[C@@H]2O)c2cc(F)c(F)cc21. The molecular formula is C13H11F2NO3. The van der Waals surface area contributed by atoms with Gasteiger partial charge in [0, 0.05) is 6.07 Å². The zero-order valence-corrected chi connectivity index (χ0v) is 9.90. The van der Waals surface area contributed by atoms with E-state index in [-0.39, 0.29) is 11.3 Å². The molecule has 0 aromatic heterocycles. The summed E-state index contributed by atoms with van der Waals surface area (Å²) in [5, 5.41) is 9.83. The van der Waals surface area contributed by atoms with Crippen LogP contribution >= 0.6 is 0 Å². The van der Waals surface area contributed by atoms with Gasteiger partial charge in [0.15, 0.2) is 11.6 Å². The molecule has 19 heavy (non-hydrogen) atoms. The Morgan fingerprint density at radius 3 is 2.47 bits per heavy atom. The highest BCUT2D eigenvalue weighted by atomic mass is 19.2. The van der Waals surface area contributed by atoms with Gasteiger partial charge in [0.1, 0.15) is 0 Å². The number of benzene rings is 1. The van der Waals surface area contributed by atoms with Crippen molar-refractivity contribution in [1.29, 1.82) is 0 Å². The number of hydrogen-bond donors (Lipinski definition) is 1. The van der Waals surface area contributed by atoms with Crippen molar-refractivity contribution >= 4 is 17.4 Å². The minimum Gasteiger partial charge on any atom is -0.391 e. The van der Waals surface area contributed by atoms with Gasteiger partial charge in [-0.2, -0.15) is 0 Å². The molecule has 2 atom stereocenters. The van der Waals surface area contributed by atoms with Crippen molar-refractivity contribution < 1.29 is 23.5 Å². The van der Waals surface area contributed by atoms with Gasteiger partial charge < -0.3 is 5.11 Å². The predicted octanol–water partition coefficient (Wildman–Crippen LogP) is 1.41. The molecule has 1 saturated carbocycles. The number of amides is 1. The van der Waals surface area contributed by atoms with Crippen LogP contribution in [0, 0.1) is 11.6 Å². The summed E-state index contributed by atoms with van der Waals surface area (Å²) in [6, 6.07) is 1.05. The monoisotopic (exact) mass is 267 g/mol. The summed E-state index contributed by atoms with van der Waals surface area (Å²) in [6.45, 7) is 0. The maximum Gasteiger partial charge on any atom is 0.299 e. The van der Waals surface area contributed by atoms with Gasteiger partial charge in [0.2, 0.25) is 0 Å².